The molecule has 140 valence electrons. The third-order valence-electron chi connectivity index (χ3n) is 4.78. The molecular formula is C20H20N2O4S. The highest BCUT2D eigenvalue weighted by molar-refractivity contribution is 7.10. The molecule has 0 saturated carbocycles. The maximum atomic E-state index is 13.0. The number of rotatable bonds is 5. The molecule has 27 heavy (non-hydrogen) atoms. The van der Waals surface area contributed by atoms with Crippen molar-refractivity contribution in [2.75, 3.05) is 20.8 Å². The van der Waals surface area contributed by atoms with E-state index in [2.05, 4.69) is 11.2 Å². The first-order valence-corrected chi connectivity index (χ1v) is 9.62. The lowest BCUT2D eigenvalue weighted by molar-refractivity contribution is 0.0727. The van der Waals surface area contributed by atoms with E-state index >= 15 is 0 Å². The summed E-state index contributed by atoms with van der Waals surface area (Å²) in [5.41, 5.74) is 1.10. The van der Waals surface area contributed by atoms with Gasteiger partial charge in [-0.2, -0.15) is 0 Å². The summed E-state index contributed by atoms with van der Waals surface area (Å²) in [6.07, 6.45) is 1.97. The van der Waals surface area contributed by atoms with Gasteiger partial charge >= 0.3 is 0 Å². The van der Waals surface area contributed by atoms with Crippen molar-refractivity contribution in [1.82, 2.24) is 10.1 Å². The summed E-state index contributed by atoms with van der Waals surface area (Å²) in [5.74, 6) is 1.65. The molecule has 1 atom stereocenters. The number of ether oxygens (including phenoxy) is 2. The monoisotopic (exact) mass is 384 g/mol. The number of nitrogens with zero attached hydrogens (tertiary/aromatic N) is 2. The molecule has 1 aliphatic rings. The molecule has 0 unspecified atom stereocenters. The van der Waals surface area contributed by atoms with E-state index in [9.17, 15) is 4.79 Å². The summed E-state index contributed by atoms with van der Waals surface area (Å²) in [7, 11) is 3.16. The molecule has 1 amide bonds. The van der Waals surface area contributed by atoms with Crippen molar-refractivity contribution >= 4 is 17.2 Å². The van der Waals surface area contributed by atoms with Gasteiger partial charge in [-0.15, -0.1) is 11.3 Å². The number of benzene rings is 1. The number of methoxy groups -OCH3 is 2. The highest BCUT2D eigenvalue weighted by Gasteiger charge is 2.32. The average Bonchev–Trinajstić information content (AvgIpc) is 3.47. The molecule has 0 N–H and O–H groups in total. The van der Waals surface area contributed by atoms with E-state index in [1.54, 1.807) is 43.8 Å². The smallest absolute Gasteiger partial charge is 0.276 e. The number of likely N-dealkylation sites (tertiary alicyclic amines) is 1. The Labute approximate surface area is 161 Å². The second-order valence-electron chi connectivity index (χ2n) is 6.32. The molecule has 0 bridgehead atoms. The zero-order valence-corrected chi connectivity index (χ0v) is 16.0. The Morgan fingerprint density at radius 1 is 1.22 bits per heavy atom. The van der Waals surface area contributed by atoms with Crippen LogP contribution >= 0.6 is 11.3 Å². The molecule has 3 aromatic rings. The number of hydrogen-bond donors (Lipinski definition) is 0. The minimum absolute atomic E-state index is 0.0959. The Morgan fingerprint density at radius 2 is 2.07 bits per heavy atom. The Kier molecular flexibility index (Phi) is 4.85. The fourth-order valence-corrected chi connectivity index (χ4v) is 4.31. The third-order valence-corrected chi connectivity index (χ3v) is 5.76. The minimum atomic E-state index is -0.0959. The van der Waals surface area contributed by atoms with Gasteiger partial charge in [0, 0.05) is 23.1 Å². The van der Waals surface area contributed by atoms with Crippen molar-refractivity contribution in [3.63, 3.8) is 0 Å². The molecule has 6 nitrogen and oxygen atoms in total. The first kappa shape index (κ1) is 17.6. The summed E-state index contributed by atoms with van der Waals surface area (Å²) >= 11 is 1.68. The Balaban J connectivity index is 1.58. The second-order valence-corrected chi connectivity index (χ2v) is 7.30. The maximum absolute atomic E-state index is 13.0. The Hall–Kier alpha value is -2.80. The maximum Gasteiger partial charge on any atom is 0.276 e. The standard InChI is InChI=1S/C20H20N2O4S/c1-24-16-8-7-13(11-18(16)25-2)17-12-14(21-26-17)20(23)22-9-3-5-15(22)19-6-4-10-27-19/h4,6-8,10-12,15H,3,5,9H2,1-2H3/t15-/m0/s1. The highest BCUT2D eigenvalue weighted by Crippen LogP contribution is 2.36. The van der Waals surface area contributed by atoms with Crippen molar-refractivity contribution < 1.29 is 18.8 Å². The van der Waals surface area contributed by atoms with Crippen LogP contribution in [-0.2, 0) is 0 Å². The van der Waals surface area contributed by atoms with Crippen LogP contribution in [0.4, 0.5) is 0 Å². The average molecular weight is 384 g/mol. The van der Waals surface area contributed by atoms with Gasteiger partial charge in [0.25, 0.3) is 5.91 Å². The van der Waals surface area contributed by atoms with Crippen LogP contribution in [0.1, 0.15) is 34.2 Å². The lowest BCUT2D eigenvalue weighted by Gasteiger charge is -2.22. The zero-order valence-electron chi connectivity index (χ0n) is 15.2. The lowest BCUT2D eigenvalue weighted by atomic mass is 10.1. The van der Waals surface area contributed by atoms with Crippen molar-refractivity contribution in [1.29, 1.82) is 0 Å². The van der Waals surface area contributed by atoms with Gasteiger partial charge in [-0.3, -0.25) is 4.79 Å². The van der Waals surface area contributed by atoms with Crippen LogP contribution < -0.4 is 9.47 Å². The molecule has 0 spiro atoms. The van der Waals surface area contributed by atoms with Crippen LogP contribution in [0.5, 0.6) is 11.5 Å². The second kappa shape index (κ2) is 7.44. The summed E-state index contributed by atoms with van der Waals surface area (Å²) in [6.45, 7) is 0.736. The SMILES string of the molecule is COc1ccc(-c2cc(C(=O)N3CCC[C@H]3c3cccs3)no2)cc1OC. The molecule has 1 saturated heterocycles. The van der Waals surface area contributed by atoms with Gasteiger partial charge < -0.3 is 18.9 Å². The van der Waals surface area contributed by atoms with E-state index in [4.69, 9.17) is 14.0 Å². The van der Waals surface area contributed by atoms with Crippen molar-refractivity contribution in [2.24, 2.45) is 0 Å². The fourth-order valence-electron chi connectivity index (χ4n) is 3.44. The number of carbonyl (C=O) groups excluding carboxylic acids is 1. The van der Waals surface area contributed by atoms with Crippen LogP contribution in [0.15, 0.2) is 46.3 Å². The normalized spacial score (nSPS) is 16.5. The first-order valence-electron chi connectivity index (χ1n) is 8.74. The van der Waals surface area contributed by atoms with Crippen molar-refractivity contribution in [3.05, 3.63) is 52.3 Å². The minimum Gasteiger partial charge on any atom is -0.493 e. The van der Waals surface area contributed by atoms with Gasteiger partial charge in [0.05, 0.1) is 20.3 Å². The highest BCUT2D eigenvalue weighted by atomic mass is 32.1. The summed E-state index contributed by atoms with van der Waals surface area (Å²) < 4.78 is 16.0. The topological polar surface area (TPSA) is 64.8 Å². The molecule has 2 aromatic heterocycles. The molecular weight excluding hydrogens is 364 g/mol. The molecule has 0 aliphatic carbocycles. The predicted molar refractivity (Wildman–Crippen MR) is 102 cm³/mol. The molecule has 1 aliphatic heterocycles. The quantitative estimate of drug-likeness (QED) is 0.652. The third kappa shape index (κ3) is 3.30. The van der Waals surface area contributed by atoms with Crippen molar-refractivity contribution in [3.8, 4) is 22.8 Å². The fraction of sp³-hybridized carbons (Fsp3) is 0.300. The van der Waals surface area contributed by atoms with E-state index < -0.39 is 0 Å². The van der Waals surface area contributed by atoms with Crippen LogP contribution in [0.25, 0.3) is 11.3 Å². The molecule has 4 rings (SSSR count). The van der Waals surface area contributed by atoms with Crippen LogP contribution in [0.3, 0.4) is 0 Å². The predicted octanol–water partition coefficient (Wildman–Crippen LogP) is 4.40. The van der Waals surface area contributed by atoms with Crippen LogP contribution in [0.2, 0.25) is 0 Å². The van der Waals surface area contributed by atoms with E-state index in [0.29, 0.717) is 23.0 Å². The van der Waals surface area contributed by atoms with E-state index in [0.717, 1.165) is 24.9 Å². The number of hydrogen-bond acceptors (Lipinski definition) is 6. The molecule has 7 heteroatoms. The van der Waals surface area contributed by atoms with Gasteiger partial charge in [-0.25, -0.2) is 0 Å². The van der Waals surface area contributed by atoms with Gasteiger partial charge in [0.1, 0.15) is 0 Å². The van der Waals surface area contributed by atoms with Crippen molar-refractivity contribution in [2.45, 2.75) is 18.9 Å². The van der Waals surface area contributed by atoms with E-state index in [1.165, 1.54) is 4.88 Å². The van der Waals surface area contributed by atoms with Crippen LogP contribution in [0, 0.1) is 0 Å². The lowest BCUT2D eigenvalue weighted by Crippen LogP contribution is -2.30. The summed E-state index contributed by atoms with van der Waals surface area (Å²) in [6, 6.07) is 11.4. The van der Waals surface area contributed by atoms with E-state index in [-0.39, 0.29) is 11.9 Å². The van der Waals surface area contributed by atoms with E-state index in [1.807, 2.05) is 22.4 Å². The first-order chi connectivity index (χ1) is 13.2. The van der Waals surface area contributed by atoms with Gasteiger partial charge in [-0.05, 0) is 42.5 Å². The summed E-state index contributed by atoms with van der Waals surface area (Å²) in [4.78, 5) is 16.1. The van der Waals surface area contributed by atoms with Gasteiger partial charge in [0.2, 0.25) is 0 Å². The van der Waals surface area contributed by atoms with Crippen LogP contribution in [-0.4, -0.2) is 36.7 Å². The number of aromatic nitrogens is 1. The number of thiophene rings is 1. The summed E-state index contributed by atoms with van der Waals surface area (Å²) in [5, 5.41) is 6.06. The molecule has 1 aromatic carbocycles. The molecule has 1 fully saturated rings. The molecule has 3 heterocycles. The Morgan fingerprint density at radius 3 is 2.81 bits per heavy atom. The largest absolute Gasteiger partial charge is 0.493 e. The zero-order chi connectivity index (χ0) is 18.8. The number of amides is 1. The van der Waals surface area contributed by atoms with Gasteiger partial charge in [-0.1, -0.05) is 11.2 Å². The van der Waals surface area contributed by atoms with Gasteiger partial charge in [0.15, 0.2) is 23.0 Å². The Bertz CT molecular complexity index is 935. The molecule has 0 radical (unpaired) electrons. The number of carbonyl (C=O) groups is 1.